The van der Waals surface area contributed by atoms with Gasteiger partial charge in [0.25, 0.3) is 0 Å². The molecule has 0 unspecified atom stereocenters. The third-order valence-corrected chi connectivity index (χ3v) is 4.02. The van der Waals surface area contributed by atoms with Crippen LogP contribution in [0.4, 0.5) is 0 Å². The average molecular weight is 296 g/mol. The Labute approximate surface area is 132 Å². The van der Waals surface area contributed by atoms with Crippen LogP contribution in [0.5, 0.6) is 5.75 Å². The SMILES string of the molecule is c1ccc(CCOc2cccc(CN3CCNCC3)c2)cc1. The van der Waals surface area contributed by atoms with Crippen LogP contribution in [0.15, 0.2) is 54.6 Å². The maximum absolute atomic E-state index is 5.91. The van der Waals surface area contributed by atoms with Gasteiger partial charge in [-0.3, -0.25) is 4.90 Å². The number of piperazine rings is 1. The smallest absolute Gasteiger partial charge is 0.119 e. The first kappa shape index (κ1) is 15.1. The first-order valence-electron chi connectivity index (χ1n) is 8.09. The van der Waals surface area contributed by atoms with Crippen LogP contribution in [0, 0.1) is 0 Å². The Hall–Kier alpha value is -1.84. The summed E-state index contributed by atoms with van der Waals surface area (Å²) in [4.78, 5) is 2.49. The molecule has 2 aromatic carbocycles. The first-order valence-corrected chi connectivity index (χ1v) is 8.09. The maximum Gasteiger partial charge on any atom is 0.119 e. The molecule has 116 valence electrons. The molecule has 22 heavy (non-hydrogen) atoms. The highest BCUT2D eigenvalue weighted by molar-refractivity contribution is 5.28. The van der Waals surface area contributed by atoms with Crippen molar-refractivity contribution in [2.75, 3.05) is 32.8 Å². The van der Waals surface area contributed by atoms with E-state index < -0.39 is 0 Å². The van der Waals surface area contributed by atoms with Crippen molar-refractivity contribution in [1.29, 1.82) is 0 Å². The molecule has 3 rings (SSSR count). The minimum Gasteiger partial charge on any atom is -0.493 e. The fourth-order valence-corrected chi connectivity index (χ4v) is 2.79. The zero-order valence-corrected chi connectivity index (χ0v) is 13.0. The van der Waals surface area contributed by atoms with E-state index in [0.29, 0.717) is 0 Å². The fourth-order valence-electron chi connectivity index (χ4n) is 2.79. The van der Waals surface area contributed by atoms with Gasteiger partial charge in [0.1, 0.15) is 5.75 Å². The van der Waals surface area contributed by atoms with Crippen molar-refractivity contribution in [3.63, 3.8) is 0 Å². The van der Waals surface area contributed by atoms with Crippen molar-refractivity contribution in [2.45, 2.75) is 13.0 Å². The second-order valence-electron chi connectivity index (χ2n) is 5.76. The predicted octanol–water partition coefficient (Wildman–Crippen LogP) is 2.71. The molecule has 0 saturated carbocycles. The molecule has 1 heterocycles. The summed E-state index contributed by atoms with van der Waals surface area (Å²) in [5.74, 6) is 0.976. The summed E-state index contributed by atoms with van der Waals surface area (Å²) < 4.78 is 5.91. The van der Waals surface area contributed by atoms with Crippen molar-refractivity contribution < 1.29 is 4.74 Å². The standard InChI is InChI=1S/C19H24N2O/c1-2-5-17(6-3-1)9-14-22-19-8-4-7-18(15-19)16-21-12-10-20-11-13-21/h1-8,15,20H,9-14,16H2. The molecule has 1 N–H and O–H groups in total. The van der Waals surface area contributed by atoms with E-state index in [1.54, 1.807) is 0 Å². The lowest BCUT2D eigenvalue weighted by Gasteiger charge is -2.27. The largest absolute Gasteiger partial charge is 0.493 e. The molecule has 2 aromatic rings. The van der Waals surface area contributed by atoms with E-state index in [1.165, 1.54) is 11.1 Å². The average Bonchev–Trinajstić information content (AvgIpc) is 2.57. The Kier molecular flexibility index (Phi) is 5.46. The number of nitrogens with zero attached hydrogens (tertiary/aromatic N) is 1. The number of benzene rings is 2. The summed E-state index contributed by atoms with van der Waals surface area (Å²) in [6.45, 7) is 6.16. The van der Waals surface area contributed by atoms with Crippen LogP contribution in [0.3, 0.4) is 0 Å². The highest BCUT2D eigenvalue weighted by Gasteiger charge is 2.10. The molecular weight excluding hydrogens is 272 g/mol. The Morgan fingerprint density at radius 1 is 0.909 bits per heavy atom. The van der Waals surface area contributed by atoms with Gasteiger partial charge in [-0.15, -0.1) is 0 Å². The van der Waals surface area contributed by atoms with Gasteiger partial charge in [-0.2, -0.15) is 0 Å². The van der Waals surface area contributed by atoms with Crippen molar-refractivity contribution in [1.82, 2.24) is 10.2 Å². The lowest BCUT2D eigenvalue weighted by atomic mass is 10.1. The third kappa shape index (κ3) is 4.58. The van der Waals surface area contributed by atoms with E-state index in [1.807, 2.05) is 12.1 Å². The molecule has 0 amide bonds. The van der Waals surface area contributed by atoms with Gasteiger partial charge in [-0.1, -0.05) is 42.5 Å². The molecule has 0 spiro atoms. The quantitative estimate of drug-likeness (QED) is 0.887. The van der Waals surface area contributed by atoms with E-state index in [0.717, 1.165) is 51.5 Å². The highest BCUT2D eigenvalue weighted by Crippen LogP contribution is 2.15. The van der Waals surface area contributed by atoms with Crippen molar-refractivity contribution in [3.8, 4) is 5.75 Å². The molecule has 0 aromatic heterocycles. The molecule has 0 bridgehead atoms. The van der Waals surface area contributed by atoms with Gasteiger partial charge in [0.05, 0.1) is 6.61 Å². The van der Waals surface area contributed by atoms with E-state index in [9.17, 15) is 0 Å². The Morgan fingerprint density at radius 2 is 1.68 bits per heavy atom. The summed E-state index contributed by atoms with van der Waals surface area (Å²) >= 11 is 0. The van der Waals surface area contributed by atoms with Gasteiger partial charge in [0, 0.05) is 39.1 Å². The summed E-state index contributed by atoms with van der Waals surface area (Å²) in [5, 5.41) is 3.39. The summed E-state index contributed by atoms with van der Waals surface area (Å²) in [7, 11) is 0. The maximum atomic E-state index is 5.91. The van der Waals surface area contributed by atoms with Crippen LogP contribution in [-0.2, 0) is 13.0 Å². The van der Waals surface area contributed by atoms with Gasteiger partial charge < -0.3 is 10.1 Å². The van der Waals surface area contributed by atoms with Gasteiger partial charge >= 0.3 is 0 Å². The number of hydrogen-bond acceptors (Lipinski definition) is 3. The van der Waals surface area contributed by atoms with Crippen LogP contribution in [0.25, 0.3) is 0 Å². The van der Waals surface area contributed by atoms with Gasteiger partial charge in [-0.05, 0) is 23.3 Å². The Morgan fingerprint density at radius 3 is 2.50 bits per heavy atom. The van der Waals surface area contributed by atoms with Crippen molar-refractivity contribution in [2.24, 2.45) is 0 Å². The van der Waals surface area contributed by atoms with E-state index in [4.69, 9.17) is 4.74 Å². The lowest BCUT2D eigenvalue weighted by Crippen LogP contribution is -2.42. The summed E-state index contributed by atoms with van der Waals surface area (Å²) in [6.07, 6.45) is 0.947. The fraction of sp³-hybridized carbons (Fsp3) is 0.368. The molecule has 0 radical (unpaired) electrons. The number of rotatable bonds is 6. The third-order valence-electron chi connectivity index (χ3n) is 4.02. The zero-order chi connectivity index (χ0) is 15.0. The normalized spacial score (nSPS) is 15.6. The molecular formula is C19H24N2O. The Balaban J connectivity index is 1.50. The minimum atomic E-state index is 0.723. The highest BCUT2D eigenvalue weighted by atomic mass is 16.5. The Bertz CT molecular complexity index is 565. The number of ether oxygens (including phenoxy) is 1. The second kappa shape index (κ2) is 7.97. The van der Waals surface area contributed by atoms with Crippen LogP contribution in [-0.4, -0.2) is 37.7 Å². The zero-order valence-electron chi connectivity index (χ0n) is 13.0. The number of hydrogen-bond donors (Lipinski definition) is 1. The van der Waals surface area contributed by atoms with Gasteiger partial charge in [0.2, 0.25) is 0 Å². The first-order chi connectivity index (χ1) is 10.9. The van der Waals surface area contributed by atoms with Crippen molar-refractivity contribution in [3.05, 3.63) is 65.7 Å². The molecule has 1 aliphatic rings. The number of nitrogens with one attached hydrogen (secondary N) is 1. The van der Waals surface area contributed by atoms with Gasteiger partial charge in [0.15, 0.2) is 0 Å². The summed E-state index contributed by atoms with van der Waals surface area (Å²) in [6, 6.07) is 19.0. The van der Waals surface area contributed by atoms with Crippen LogP contribution in [0.1, 0.15) is 11.1 Å². The predicted molar refractivity (Wildman–Crippen MR) is 90.2 cm³/mol. The minimum absolute atomic E-state index is 0.723. The second-order valence-corrected chi connectivity index (χ2v) is 5.76. The molecule has 1 aliphatic heterocycles. The molecule has 3 heteroatoms. The monoisotopic (exact) mass is 296 g/mol. The topological polar surface area (TPSA) is 24.5 Å². The molecule has 0 atom stereocenters. The molecule has 1 saturated heterocycles. The van der Waals surface area contributed by atoms with Crippen LogP contribution < -0.4 is 10.1 Å². The van der Waals surface area contributed by atoms with Crippen LogP contribution >= 0.6 is 0 Å². The molecule has 3 nitrogen and oxygen atoms in total. The summed E-state index contributed by atoms with van der Waals surface area (Å²) in [5.41, 5.74) is 2.65. The van der Waals surface area contributed by atoms with Crippen LogP contribution in [0.2, 0.25) is 0 Å². The van der Waals surface area contributed by atoms with E-state index in [-0.39, 0.29) is 0 Å². The van der Waals surface area contributed by atoms with E-state index in [2.05, 4.69) is 52.7 Å². The molecule has 0 aliphatic carbocycles. The van der Waals surface area contributed by atoms with Gasteiger partial charge in [-0.25, -0.2) is 0 Å². The van der Waals surface area contributed by atoms with Crippen molar-refractivity contribution >= 4 is 0 Å². The lowest BCUT2D eigenvalue weighted by molar-refractivity contribution is 0.232. The molecule has 1 fully saturated rings. The van der Waals surface area contributed by atoms with E-state index >= 15 is 0 Å².